The molecular weight excluding hydrogens is 370 g/mol. The van der Waals surface area contributed by atoms with Crippen molar-refractivity contribution in [3.05, 3.63) is 70.6 Å². The van der Waals surface area contributed by atoms with Crippen molar-refractivity contribution in [2.75, 3.05) is 10.6 Å². The third-order valence-electron chi connectivity index (χ3n) is 4.46. The lowest BCUT2D eigenvalue weighted by molar-refractivity contribution is -0.114. The van der Waals surface area contributed by atoms with E-state index in [0.717, 1.165) is 22.6 Å². The molecule has 0 saturated heterocycles. The van der Waals surface area contributed by atoms with Crippen LogP contribution in [0.2, 0.25) is 0 Å². The lowest BCUT2D eigenvalue weighted by Crippen LogP contribution is -2.13. The van der Waals surface area contributed by atoms with Gasteiger partial charge in [0.1, 0.15) is 18.1 Å². The summed E-state index contributed by atoms with van der Waals surface area (Å²) in [5.74, 6) is 0.905. The molecule has 0 radical (unpaired) electrons. The molecule has 2 N–H and O–H groups in total. The Balaban J connectivity index is 1.68. The van der Waals surface area contributed by atoms with Crippen LogP contribution >= 0.6 is 0 Å². The fraction of sp³-hybridized carbons (Fsp3) is 0.227. The molecule has 0 unspecified atom stereocenters. The average Bonchev–Trinajstić information content (AvgIpc) is 3.00. The number of nitrogens with one attached hydrogen (secondary N) is 2. The predicted octanol–water partition coefficient (Wildman–Crippen LogP) is 4.39. The molecule has 3 aromatic rings. The first-order valence-corrected chi connectivity index (χ1v) is 9.17. The van der Waals surface area contributed by atoms with Crippen LogP contribution < -0.4 is 15.4 Å². The maximum atomic E-state index is 12.6. The Labute approximate surface area is 169 Å². The van der Waals surface area contributed by atoms with E-state index < -0.39 is 0 Å². The minimum absolute atomic E-state index is 0.140. The summed E-state index contributed by atoms with van der Waals surface area (Å²) < 4.78 is 10.9. The van der Waals surface area contributed by atoms with Crippen LogP contribution in [0.25, 0.3) is 0 Å². The molecule has 0 aliphatic rings. The van der Waals surface area contributed by atoms with Crippen molar-refractivity contribution in [1.29, 1.82) is 0 Å². The zero-order valence-corrected chi connectivity index (χ0v) is 16.8. The van der Waals surface area contributed by atoms with Gasteiger partial charge in [-0.15, -0.1) is 0 Å². The number of ether oxygens (including phenoxy) is 1. The largest absolute Gasteiger partial charge is 0.489 e. The van der Waals surface area contributed by atoms with Crippen molar-refractivity contribution in [1.82, 2.24) is 5.16 Å². The highest BCUT2D eigenvalue weighted by molar-refractivity contribution is 6.04. The molecule has 0 atom stereocenters. The maximum absolute atomic E-state index is 12.6. The molecule has 0 aliphatic heterocycles. The van der Waals surface area contributed by atoms with Gasteiger partial charge in [-0.25, -0.2) is 0 Å². The maximum Gasteiger partial charge on any atom is 0.255 e. The number of carbonyl (C=O) groups is 2. The molecule has 1 heterocycles. The summed E-state index contributed by atoms with van der Waals surface area (Å²) in [6.45, 7) is 7.33. The van der Waals surface area contributed by atoms with E-state index in [1.165, 1.54) is 6.92 Å². The van der Waals surface area contributed by atoms with Crippen LogP contribution in [0.1, 0.15) is 39.9 Å². The third-order valence-corrected chi connectivity index (χ3v) is 4.46. The number of aryl methyl sites for hydroxylation is 3. The van der Waals surface area contributed by atoms with Crippen molar-refractivity contribution >= 4 is 23.2 Å². The number of anilines is 2. The summed E-state index contributed by atoms with van der Waals surface area (Å²) in [5, 5.41) is 9.52. The Bertz CT molecular complexity index is 1040. The van der Waals surface area contributed by atoms with Crippen LogP contribution in [-0.4, -0.2) is 17.0 Å². The van der Waals surface area contributed by atoms with Gasteiger partial charge in [-0.05, 0) is 62.7 Å². The molecule has 29 heavy (non-hydrogen) atoms. The summed E-state index contributed by atoms with van der Waals surface area (Å²) in [7, 11) is 0. The SMILES string of the molecule is CC(=O)Nc1ccc(NC(=O)c2cccc(OCc3c(C)noc3C)c2)cc1C. The number of benzene rings is 2. The predicted molar refractivity (Wildman–Crippen MR) is 110 cm³/mol. The van der Waals surface area contributed by atoms with Crippen LogP contribution in [-0.2, 0) is 11.4 Å². The van der Waals surface area contributed by atoms with Gasteiger partial charge in [-0.1, -0.05) is 11.2 Å². The minimum Gasteiger partial charge on any atom is -0.489 e. The zero-order valence-electron chi connectivity index (χ0n) is 16.8. The molecule has 0 saturated carbocycles. The number of nitrogens with zero attached hydrogens (tertiary/aromatic N) is 1. The van der Waals surface area contributed by atoms with Gasteiger partial charge >= 0.3 is 0 Å². The first kappa shape index (κ1) is 20.1. The standard InChI is InChI=1S/C22H23N3O4/c1-13-10-18(8-9-21(13)23-16(4)26)24-22(27)17-6-5-7-19(11-17)28-12-20-14(2)25-29-15(20)3/h5-11H,12H2,1-4H3,(H,23,26)(H,24,27). The van der Waals surface area contributed by atoms with Crippen molar-refractivity contribution in [3.8, 4) is 5.75 Å². The van der Waals surface area contributed by atoms with E-state index in [-0.39, 0.29) is 11.8 Å². The minimum atomic E-state index is -0.250. The van der Waals surface area contributed by atoms with Gasteiger partial charge in [0.2, 0.25) is 5.91 Å². The molecule has 0 aliphatic carbocycles. The van der Waals surface area contributed by atoms with Crippen molar-refractivity contribution < 1.29 is 18.8 Å². The van der Waals surface area contributed by atoms with Crippen LogP contribution in [0.3, 0.4) is 0 Å². The number of hydrogen-bond donors (Lipinski definition) is 2. The first-order valence-electron chi connectivity index (χ1n) is 9.17. The van der Waals surface area contributed by atoms with E-state index in [2.05, 4.69) is 15.8 Å². The Morgan fingerprint density at radius 2 is 1.86 bits per heavy atom. The van der Waals surface area contributed by atoms with E-state index in [0.29, 0.717) is 29.3 Å². The molecule has 0 bridgehead atoms. The van der Waals surface area contributed by atoms with Gasteiger partial charge in [0.25, 0.3) is 5.91 Å². The van der Waals surface area contributed by atoms with Gasteiger partial charge < -0.3 is 19.9 Å². The number of aromatic nitrogens is 1. The molecule has 7 nitrogen and oxygen atoms in total. The summed E-state index contributed by atoms with van der Waals surface area (Å²) in [5.41, 5.74) is 4.37. The van der Waals surface area contributed by atoms with Gasteiger partial charge in [-0.2, -0.15) is 0 Å². The normalized spacial score (nSPS) is 10.5. The highest BCUT2D eigenvalue weighted by Crippen LogP contribution is 2.22. The second-order valence-electron chi connectivity index (χ2n) is 6.78. The number of rotatable bonds is 6. The smallest absolute Gasteiger partial charge is 0.255 e. The van der Waals surface area contributed by atoms with Crippen LogP contribution in [0.4, 0.5) is 11.4 Å². The van der Waals surface area contributed by atoms with Gasteiger partial charge in [0.05, 0.1) is 11.3 Å². The molecule has 0 spiro atoms. The zero-order chi connectivity index (χ0) is 21.0. The van der Waals surface area contributed by atoms with Crippen LogP contribution in [0.5, 0.6) is 5.75 Å². The summed E-state index contributed by atoms with van der Waals surface area (Å²) in [4.78, 5) is 23.8. The monoisotopic (exact) mass is 393 g/mol. The van der Waals surface area contributed by atoms with E-state index in [9.17, 15) is 9.59 Å². The molecule has 2 amide bonds. The molecule has 0 fully saturated rings. The molecular formula is C22H23N3O4. The van der Waals surface area contributed by atoms with Crippen molar-refractivity contribution in [2.45, 2.75) is 34.3 Å². The van der Waals surface area contributed by atoms with Gasteiger partial charge in [-0.3, -0.25) is 9.59 Å². The fourth-order valence-electron chi connectivity index (χ4n) is 2.87. The Kier molecular flexibility index (Phi) is 5.97. The van der Waals surface area contributed by atoms with Crippen LogP contribution in [0, 0.1) is 20.8 Å². The number of amides is 2. The molecule has 7 heteroatoms. The van der Waals surface area contributed by atoms with E-state index in [1.807, 2.05) is 20.8 Å². The van der Waals surface area contributed by atoms with E-state index in [1.54, 1.807) is 42.5 Å². The highest BCUT2D eigenvalue weighted by Gasteiger charge is 2.12. The first-order chi connectivity index (χ1) is 13.8. The summed E-state index contributed by atoms with van der Waals surface area (Å²) in [6, 6.07) is 12.3. The Morgan fingerprint density at radius 3 is 2.52 bits per heavy atom. The fourth-order valence-corrected chi connectivity index (χ4v) is 2.87. The molecule has 3 rings (SSSR count). The topological polar surface area (TPSA) is 93.5 Å². The lowest BCUT2D eigenvalue weighted by atomic mass is 10.1. The highest BCUT2D eigenvalue weighted by atomic mass is 16.5. The van der Waals surface area contributed by atoms with E-state index >= 15 is 0 Å². The van der Waals surface area contributed by atoms with Gasteiger partial charge in [0, 0.05) is 23.9 Å². The third kappa shape index (κ3) is 5.01. The summed E-state index contributed by atoms with van der Waals surface area (Å²) >= 11 is 0. The second-order valence-corrected chi connectivity index (χ2v) is 6.78. The molecule has 1 aromatic heterocycles. The second kappa shape index (κ2) is 8.60. The average molecular weight is 393 g/mol. The Hall–Kier alpha value is -3.61. The number of carbonyl (C=O) groups excluding carboxylic acids is 2. The van der Waals surface area contributed by atoms with E-state index in [4.69, 9.17) is 9.26 Å². The summed E-state index contributed by atoms with van der Waals surface area (Å²) in [6.07, 6.45) is 0. The molecule has 150 valence electrons. The van der Waals surface area contributed by atoms with Gasteiger partial charge in [0.15, 0.2) is 0 Å². The van der Waals surface area contributed by atoms with Crippen molar-refractivity contribution in [2.24, 2.45) is 0 Å². The number of hydrogen-bond acceptors (Lipinski definition) is 5. The lowest BCUT2D eigenvalue weighted by Gasteiger charge is -2.11. The quantitative estimate of drug-likeness (QED) is 0.648. The molecule has 2 aromatic carbocycles. The Morgan fingerprint density at radius 1 is 1.07 bits per heavy atom. The van der Waals surface area contributed by atoms with Crippen LogP contribution in [0.15, 0.2) is 47.0 Å². The van der Waals surface area contributed by atoms with Crippen molar-refractivity contribution in [3.63, 3.8) is 0 Å².